The van der Waals surface area contributed by atoms with E-state index in [-0.39, 0.29) is 41.1 Å². The Bertz CT molecular complexity index is 1080. The van der Waals surface area contributed by atoms with Gasteiger partial charge in [0.2, 0.25) is 5.88 Å². The third-order valence-electron chi connectivity index (χ3n) is 5.05. The fourth-order valence-corrected chi connectivity index (χ4v) is 4.40. The third kappa shape index (κ3) is 4.89. The van der Waals surface area contributed by atoms with Gasteiger partial charge in [-0.15, -0.1) is 4.36 Å². The number of methoxy groups -OCH3 is 1. The molecule has 1 aromatic heterocycles. The molecule has 2 atom stereocenters. The van der Waals surface area contributed by atoms with Crippen LogP contribution in [-0.2, 0) is 21.2 Å². The monoisotopic (exact) mass is 453 g/mol. The van der Waals surface area contributed by atoms with Crippen LogP contribution in [0.5, 0.6) is 5.88 Å². The number of halogens is 1. The first kappa shape index (κ1) is 23.2. The Balaban J connectivity index is 1.95. The highest BCUT2D eigenvalue weighted by atomic mass is 32.2. The van der Waals surface area contributed by atoms with Crippen molar-refractivity contribution in [2.75, 3.05) is 19.0 Å². The lowest BCUT2D eigenvalue weighted by atomic mass is 9.92. The predicted octanol–water partition coefficient (Wildman–Crippen LogP) is 3.61. The van der Waals surface area contributed by atoms with Crippen molar-refractivity contribution in [3.05, 3.63) is 35.3 Å². The molecule has 1 aliphatic rings. The van der Waals surface area contributed by atoms with Gasteiger partial charge in [0.1, 0.15) is 23.4 Å². The lowest BCUT2D eigenvalue weighted by Crippen LogP contribution is -2.32. The predicted molar refractivity (Wildman–Crippen MR) is 115 cm³/mol. The second kappa shape index (κ2) is 8.93. The van der Waals surface area contributed by atoms with Crippen LogP contribution < -0.4 is 15.2 Å². The zero-order valence-electron chi connectivity index (χ0n) is 18.2. The van der Waals surface area contributed by atoms with E-state index in [0.29, 0.717) is 23.4 Å². The molecule has 2 heterocycles. The van der Waals surface area contributed by atoms with Crippen molar-refractivity contribution in [3.63, 3.8) is 0 Å². The van der Waals surface area contributed by atoms with E-state index >= 15 is 0 Å². The summed E-state index contributed by atoms with van der Waals surface area (Å²) >= 11 is 0. The Morgan fingerprint density at radius 2 is 1.97 bits per heavy atom. The number of hydrogen-bond acceptors (Lipinski definition) is 5. The van der Waals surface area contributed by atoms with Crippen molar-refractivity contribution in [3.8, 4) is 5.88 Å². The Morgan fingerprint density at radius 1 is 1.35 bits per heavy atom. The molecule has 170 valence electrons. The first-order chi connectivity index (χ1) is 14.5. The zero-order valence-corrected chi connectivity index (χ0v) is 19.0. The molecule has 0 saturated heterocycles. The van der Waals surface area contributed by atoms with Crippen LogP contribution >= 0.6 is 0 Å². The Labute approximate surface area is 181 Å². The molecule has 9 nitrogen and oxygen atoms in total. The molecule has 31 heavy (non-hydrogen) atoms. The maximum Gasteiger partial charge on any atom is 0.354 e. The summed E-state index contributed by atoms with van der Waals surface area (Å²) in [6, 6.07) is 1.86. The van der Waals surface area contributed by atoms with Crippen molar-refractivity contribution < 1.29 is 22.9 Å². The minimum absolute atomic E-state index is 0.0319. The van der Waals surface area contributed by atoms with Crippen LogP contribution in [0.1, 0.15) is 50.7 Å². The van der Waals surface area contributed by atoms with Gasteiger partial charge in [-0.05, 0) is 35.1 Å². The van der Waals surface area contributed by atoms with E-state index in [9.17, 15) is 13.4 Å². The molecule has 3 N–H and O–H groups in total. The number of amides is 2. The van der Waals surface area contributed by atoms with Crippen molar-refractivity contribution in [2.24, 2.45) is 9.50 Å². The molecule has 11 heteroatoms. The quantitative estimate of drug-likeness (QED) is 0.716. The number of nitrogens with one attached hydrogen (secondary N) is 1. The van der Waals surface area contributed by atoms with Crippen LogP contribution in [0.25, 0.3) is 0 Å². The fraction of sp³-hybridized carbons (Fsp3) is 0.500. The van der Waals surface area contributed by atoms with Gasteiger partial charge in [0.25, 0.3) is 0 Å². The summed E-state index contributed by atoms with van der Waals surface area (Å²) in [5.74, 6) is -0.307. The molecule has 2 aromatic rings. The van der Waals surface area contributed by atoms with Gasteiger partial charge in [-0.1, -0.05) is 27.7 Å². The summed E-state index contributed by atoms with van der Waals surface area (Å²) in [4.78, 5) is 12.7. The molecule has 0 radical (unpaired) electrons. The fourth-order valence-electron chi connectivity index (χ4n) is 3.40. The average molecular weight is 454 g/mol. The molecule has 0 spiro atoms. The summed E-state index contributed by atoms with van der Waals surface area (Å²) in [5, 5.41) is 12.7. The first-order valence-corrected chi connectivity index (χ1v) is 11.5. The van der Waals surface area contributed by atoms with Gasteiger partial charge in [0.05, 0.1) is 12.7 Å². The molecule has 3 rings (SSSR count). The number of nitrogens with two attached hydrogens (primary N) is 1. The van der Waals surface area contributed by atoms with Gasteiger partial charge in [-0.25, -0.2) is 23.2 Å². The number of ether oxygens (including phenoxy) is 2. The van der Waals surface area contributed by atoms with E-state index in [1.54, 1.807) is 7.11 Å². The largest absolute Gasteiger partial charge is 0.474 e. The summed E-state index contributed by atoms with van der Waals surface area (Å²) in [7, 11) is -2.08. The number of carbonyl (C=O) groups excluding carboxylic acids is 1. The normalized spacial score (nSPS) is 17.8. The third-order valence-corrected chi connectivity index (χ3v) is 6.40. The summed E-state index contributed by atoms with van der Waals surface area (Å²) in [6.07, 6.45) is 1.08. The highest BCUT2D eigenvalue weighted by Crippen LogP contribution is 2.34. The highest BCUT2D eigenvalue weighted by molar-refractivity contribution is 7.91. The molecular formula is C20H28FN5O4S. The number of nitrogens with zero attached hydrogens (tertiary/aromatic N) is 3. The number of hydrogen-bond donors (Lipinski definition) is 2. The smallest absolute Gasteiger partial charge is 0.354 e. The van der Waals surface area contributed by atoms with Gasteiger partial charge in [-0.3, -0.25) is 0 Å². The van der Waals surface area contributed by atoms with Crippen molar-refractivity contribution in [1.82, 2.24) is 9.78 Å². The van der Waals surface area contributed by atoms with Crippen molar-refractivity contribution in [1.29, 1.82) is 0 Å². The minimum atomic E-state index is -3.64. The molecule has 1 aliphatic heterocycles. The number of fused-ring (bicyclic) bond motifs is 1. The van der Waals surface area contributed by atoms with Crippen molar-refractivity contribution in [2.45, 2.75) is 57.1 Å². The zero-order chi connectivity index (χ0) is 22.9. The van der Waals surface area contributed by atoms with Gasteiger partial charge in [0, 0.05) is 12.8 Å². The Kier molecular flexibility index (Phi) is 6.68. The molecular weight excluding hydrogens is 425 g/mol. The number of anilines is 1. The maximum atomic E-state index is 14.1. The number of benzene rings is 1. The van der Waals surface area contributed by atoms with Gasteiger partial charge < -0.3 is 14.8 Å². The molecule has 1 aromatic carbocycles. The molecule has 0 aliphatic carbocycles. The van der Waals surface area contributed by atoms with E-state index in [2.05, 4.69) is 14.8 Å². The SMILES string of the molecule is COC1COc2c(S(N)(=O)=NC(=O)Nc3c(C(C)C)cc(F)cc3C(C)C)cnn2C1. The number of carbonyl (C=O) groups is 1. The second-order valence-corrected chi connectivity index (χ2v) is 9.78. The summed E-state index contributed by atoms with van der Waals surface area (Å²) < 4.78 is 43.2. The lowest BCUT2D eigenvalue weighted by molar-refractivity contribution is 0.0165. The van der Waals surface area contributed by atoms with Crippen LogP contribution in [0, 0.1) is 5.82 Å². The van der Waals surface area contributed by atoms with Crippen LogP contribution in [-0.4, -0.2) is 39.8 Å². The van der Waals surface area contributed by atoms with Crippen LogP contribution in [0.2, 0.25) is 0 Å². The number of urea groups is 1. The average Bonchev–Trinajstić information content (AvgIpc) is 3.12. The Hall–Kier alpha value is -2.50. The maximum absolute atomic E-state index is 14.1. The van der Waals surface area contributed by atoms with E-state index in [0.717, 1.165) is 0 Å². The standard InChI is InChI=1S/C20H28FN5O4S/c1-11(2)15-6-13(21)7-16(12(3)4)18(15)24-20(27)25-31(22,28)17-8-23-26-9-14(29-5)10-30-19(17)26/h6-8,11-12,14H,9-10H2,1-5H3,(H3,22,24,25,27,28). The van der Waals surface area contributed by atoms with Gasteiger partial charge in [-0.2, -0.15) is 5.10 Å². The molecule has 0 fully saturated rings. The van der Waals surface area contributed by atoms with E-state index in [1.807, 2.05) is 27.7 Å². The summed E-state index contributed by atoms with van der Waals surface area (Å²) in [5.41, 5.74) is 1.69. The first-order valence-electron chi connectivity index (χ1n) is 9.94. The highest BCUT2D eigenvalue weighted by Gasteiger charge is 2.28. The Morgan fingerprint density at radius 3 is 2.52 bits per heavy atom. The molecule has 0 saturated carbocycles. The van der Waals surface area contributed by atoms with Crippen LogP contribution in [0.15, 0.2) is 27.6 Å². The van der Waals surface area contributed by atoms with Crippen LogP contribution in [0.3, 0.4) is 0 Å². The molecule has 2 unspecified atom stereocenters. The second-order valence-electron chi connectivity index (χ2n) is 8.02. The van der Waals surface area contributed by atoms with Gasteiger partial charge >= 0.3 is 6.03 Å². The lowest BCUT2D eigenvalue weighted by Gasteiger charge is -2.23. The molecule has 0 bridgehead atoms. The van der Waals surface area contributed by atoms with E-state index in [1.165, 1.54) is 23.0 Å². The van der Waals surface area contributed by atoms with Crippen LogP contribution in [0.4, 0.5) is 14.9 Å². The number of rotatable bonds is 5. The molecule has 2 amide bonds. The van der Waals surface area contributed by atoms with E-state index < -0.39 is 15.9 Å². The van der Waals surface area contributed by atoms with Gasteiger partial charge in [0.15, 0.2) is 9.92 Å². The van der Waals surface area contributed by atoms with Crippen molar-refractivity contribution >= 4 is 21.6 Å². The topological polar surface area (TPSA) is 121 Å². The summed E-state index contributed by atoms with van der Waals surface area (Å²) in [6.45, 7) is 8.20. The minimum Gasteiger partial charge on any atom is -0.474 e. The number of aromatic nitrogens is 2. The van der Waals surface area contributed by atoms with E-state index in [4.69, 9.17) is 14.6 Å².